The fourth-order valence-corrected chi connectivity index (χ4v) is 4.03. The summed E-state index contributed by atoms with van der Waals surface area (Å²) in [6.45, 7) is 0. The van der Waals surface area contributed by atoms with Gasteiger partial charge in [-0.3, -0.25) is 4.79 Å². The van der Waals surface area contributed by atoms with E-state index in [0.717, 1.165) is 23.7 Å². The molecule has 0 spiro atoms. The smallest absolute Gasteiger partial charge is 0.271 e. The Bertz CT molecular complexity index is 1090. The molecule has 0 radical (unpaired) electrons. The van der Waals surface area contributed by atoms with Gasteiger partial charge in [-0.05, 0) is 77.5 Å². The van der Waals surface area contributed by atoms with Crippen molar-refractivity contribution in [2.75, 3.05) is 7.11 Å². The lowest BCUT2D eigenvalue weighted by Gasteiger charge is -2.10. The Kier molecular flexibility index (Phi) is 5.09. The molecule has 0 aliphatic heterocycles. The van der Waals surface area contributed by atoms with Crippen molar-refractivity contribution in [3.63, 3.8) is 0 Å². The Morgan fingerprint density at radius 3 is 2.93 bits per heavy atom. The number of carbonyl (C=O) groups excluding carboxylic acids is 1. The van der Waals surface area contributed by atoms with Crippen LogP contribution in [0.5, 0.6) is 11.5 Å². The summed E-state index contributed by atoms with van der Waals surface area (Å²) in [5.41, 5.74) is 7.43. The lowest BCUT2D eigenvalue weighted by Crippen LogP contribution is -2.17. The van der Waals surface area contributed by atoms with E-state index in [2.05, 4.69) is 31.4 Å². The molecule has 6 nitrogen and oxygen atoms in total. The molecule has 0 saturated heterocycles. The van der Waals surface area contributed by atoms with E-state index in [0.29, 0.717) is 21.3 Å². The van der Waals surface area contributed by atoms with Crippen molar-refractivity contribution in [3.05, 3.63) is 57.2 Å². The van der Waals surface area contributed by atoms with Gasteiger partial charge in [0, 0.05) is 27.7 Å². The number of ether oxygens (including phenoxy) is 1. The number of hydrogen-bond acceptors (Lipinski definition) is 4. The van der Waals surface area contributed by atoms with Crippen LogP contribution in [-0.2, 0) is 12.8 Å². The standard InChI is InChI=1S/C21H20BrN3O3/c1-28-18-9-7-13(19(22)20(18)26)11-23-25-21(27)12-6-8-17-15(10-12)14-4-2-3-5-16(14)24-17/h6-11,24,26H,2-5H2,1H3,(H,25,27)/b23-11-. The van der Waals surface area contributed by atoms with Gasteiger partial charge in [-0.25, -0.2) is 5.43 Å². The average Bonchev–Trinajstić information content (AvgIpc) is 3.09. The molecule has 1 aliphatic carbocycles. The van der Waals surface area contributed by atoms with Crippen molar-refractivity contribution in [3.8, 4) is 11.5 Å². The first-order chi connectivity index (χ1) is 13.6. The van der Waals surface area contributed by atoms with Crippen LogP contribution in [0.1, 0.15) is 40.0 Å². The van der Waals surface area contributed by atoms with Gasteiger partial charge in [-0.2, -0.15) is 5.10 Å². The third kappa shape index (κ3) is 3.38. The zero-order valence-electron chi connectivity index (χ0n) is 15.4. The normalized spacial score (nSPS) is 13.6. The number of nitrogens with one attached hydrogen (secondary N) is 2. The van der Waals surface area contributed by atoms with E-state index < -0.39 is 0 Å². The first-order valence-electron chi connectivity index (χ1n) is 9.11. The summed E-state index contributed by atoms with van der Waals surface area (Å²) in [6.07, 6.45) is 5.98. The Balaban J connectivity index is 1.52. The number of fused-ring (bicyclic) bond motifs is 3. The van der Waals surface area contributed by atoms with Crippen LogP contribution in [0.3, 0.4) is 0 Å². The molecule has 0 bridgehead atoms. The molecule has 0 saturated carbocycles. The van der Waals surface area contributed by atoms with Crippen LogP contribution < -0.4 is 10.2 Å². The molecule has 1 aromatic heterocycles. The number of carbonyl (C=O) groups is 1. The lowest BCUT2D eigenvalue weighted by molar-refractivity contribution is 0.0955. The number of nitrogens with zero attached hydrogens (tertiary/aromatic N) is 1. The number of hydrogen-bond donors (Lipinski definition) is 3. The fraction of sp³-hybridized carbons (Fsp3) is 0.238. The zero-order chi connectivity index (χ0) is 19.7. The average molecular weight is 442 g/mol. The summed E-state index contributed by atoms with van der Waals surface area (Å²) in [5.74, 6) is 0.0643. The number of aryl methyl sites for hydroxylation is 2. The SMILES string of the molecule is COc1ccc(/C=N\NC(=O)c2ccc3[nH]c4c(c3c2)CCCC4)c(Br)c1O. The molecule has 1 heterocycles. The third-order valence-electron chi connectivity index (χ3n) is 5.06. The van der Waals surface area contributed by atoms with Gasteiger partial charge >= 0.3 is 0 Å². The van der Waals surface area contributed by atoms with Crippen molar-refractivity contribution in [2.24, 2.45) is 5.10 Å². The minimum Gasteiger partial charge on any atom is -0.503 e. The first-order valence-corrected chi connectivity index (χ1v) is 9.90. The molecule has 0 unspecified atom stereocenters. The van der Waals surface area contributed by atoms with E-state index in [1.165, 1.54) is 37.4 Å². The summed E-state index contributed by atoms with van der Waals surface area (Å²) in [6, 6.07) is 9.04. The maximum atomic E-state index is 12.5. The van der Waals surface area contributed by atoms with Crippen LogP contribution in [0.2, 0.25) is 0 Å². The van der Waals surface area contributed by atoms with Gasteiger partial charge in [0.05, 0.1) is 17.8 Å². The van der Waals surface area contributed by atoms with E-state index >= 15 is 0 Å². The van der Waals surface area contributed by atoms with Crippen LogP contribution in [0, 0.1) is 0 Å². The second-order valence-electron chi connectivity index (χ2n) is 6.77. The number of amides is 1. The number of H-pyrrole nitrogens is 1. The second kappa shape index (κ2) is 7.67. The summed E-state index contributed by atoms with van der Waals surface area (Å²) >= 11 is 3.30. The molecule has 1 amide bonds. The second-order valence-corrected chi connectivity index (χ2v) is 7.56. The molecule has 3 N–H and O–H groups in total. The van der Waals surface area contributed by atoms with E-state index in [4.69, 9.17) is 4.74 Å². The van der Waals surface area contributed by atoms with Gasteiger partial charge in [0.2, 0.25) is 0 Å². The lowest BCUT2D eigenvalue weighted by atomic mass is 9.95. The zero-order valence-corrected chi connectivity index (χ0v) is 17.0. The number of hydrazone groups is 1. The Morgan fingerprint density at radius 2 is 2.11 bits per heavy atom. The predicted molar refractivity (Wildman–Crippen MR) is 112 cm³/mol. The van der Waals surface area contributed by atoms with Crippen molar-refractivity contribution in [2.45, 2.75) is 25.7 Å². The first kappa shape index (κ1) is 18.6. The highest BCUT2D eigenvalue weighted by Gasteiger charge is 2.16. The molecule has 2 aromatic carbocycles. The Hall–Kier alpha value is -2.80. The highest BCUT2D eigenvalue weighted by atomic mass is 79.9. The number of methoxy groups -OCH3 is 1. The van der Waals surface area contributed by atoms with E-state index in [-0.39, 0.29) is 11.7 Å². The predicted octanol–water partition coefficient (Wildman–Crippen LogP) is 4.29. The van der Waals surface area contributed by atoms with Gasteiger partial charge in [0.15, 0.2) is 11.5 Å². The fourth-order valence-electron chi connectivity index (χ4n) is 3.60. The minimum absolute atomic E-state index is 0.0135. The van der Waals surface area contributed by atoms with Crippen molar-refractivity contribution >= 4 is 39.0 Å². The van der Waals surface area contributed by atoms with Crippen LogP contribution >= 0.6 is 15.9 Å². The summed E-state index contributed by atoms with van der Waals surface area (Å²) in [4.78, 5) is 16.0. The molecular formula is C21H20BrN3O3. The molecule has 4 rings (SSSR count). The summed E-state index contributed by atoms with van der Waals surface area (Å²) < 4.78 is 5.50. The number of aromatic hydroxyl groups is 1. The molecule has 144 valence electrons. The number of aromatic amines is 1. The van der Waals surface area contributed by atoms with Crippen LogP contribution in [0.15, 0.2) is 39.9 Å². The van der Waals surface area contributed by atoms with Gasteiger partial charge in [0.1, 0.15) is 0 Å². The topological polar surface area (TPSA) is 86.7 Å². The van der Waals surface area contributed by atoms with Crippen molar-refractivity contribution in [1.82, 2.24) is 10.4 Å². The van der Waals surface area contributed by atoms with E-state index in [1.807, 2.05) is 12.1 Å². The largest absolute Gasteiger partial charge is 0.503 e. The number of benzene rings is 2. The minimum atomic E-state index is -0.280. The quantitative estimate of drug-likeness (QED) is 0.416. The summed E-state index contributed by atoms with van der Waals surface area (Å²) in [7, 11) is 1.48. The highest BCUT2D eigenvalue weighted by molar-refractivity contribution is 9.10. The highest BCUT2D eigenvalue weighted by Crippen LogP contribution is 2.35. The van der Waals surface area contributed by atoms with Gasteiger partial charge in [-0.15, -0.1) is 0 Å². The molecular weight excluding hydrogens is 422 g/mol. The van der Waals surface area contributed by atoms with Crippen LogP contribution in [-0.4, -0.2) is 29.3 Å². The van der Waals surface area contributed by atoms with Gasteiger partial charge in [0.25, 0.3) is 5.91 Å². The van der Waals surface area contributed by atoms with Crippen molar-refractivity contribution < 1.29 is 14.6 Å². The molecule has 1 aliphatic rings. The molecule has 28 heavy (non-hydrogen) atoms. The van der Waals surface area contributed by atoms with Crippen LogP contribution in [0.25, 0.3) is 10.9 Å². The number of aromatic nitrogens is 1. The molecule has 3 aromatic rings. The van der Waals surface area contributed by atoms with E-state index in [1.54, 1.807) is 18.2 Å². The number of phenolic OH excluding ortho intramolecular Hbond substituents is 1. The molecule has 0 atom stereocenters. The summed E-state index contributed by atoms with van der Waals surface area (Å²) in [5, 5.41) is 15.2. The van der Waals surface area contributed by atoms with Crippen LogP contribution in [0.4, 0.5) is 0 Å². The van der Waals surface area contributed by atoms with Gasteiger partial charge in [-0.1, -0.05) is 0 Å². The van der Waals surface area contributed by atoms with E-state index in [9.17, 15) is 9.90 Å². The molecule has 0 fully saturated rings. The maximum Gasteiger partial charge on any atom is 0.271 e. The molecule has 7 heteroatoms. The van der Waals surface area contributed by atoms with Gasteiger partial charge < -0.3 is 14.8 Å². The number of rotatable bonds is 4. The van der Waals surface area contributed by atoms with Crippen molar-refractivity contribution in [1.29, 1.82) is 0 Å². The number of halogens is 1. The third-order valence-corrected chi connectivity index (χ3v) is 5.89. The number of phenols is 1. The maximum absolute atomic E-state index is 12.5. The monoisotopic (exact) mass is 441 g/mol. The Morgan fingerprint density at radius 1 is 1.29 bits per heavy atom. The Labute approximate surface area is 170 Å².